The van der Waals surface area contributed by atoms with Crippen LogP contribution >= 0.6 is 0 Å². The lowest BCUT2D eigenvalue weighted by Gasteiger charge is -2.35. The number of carboxylic acids is 1. The first kappa shape index (κ1) is 18.9. The zero-order valence-corrected chi connectivity index (χ0v) is 15.4. The van der Waals surface area contributed by atoms with Gasteiger partial charge < -0.3 is 15.3 Å². The van der Waals surface area contributed by atoms with Gasteiger partial charge in [0.15, 0.2) is 0 Å². The molecule has 0 radical (unpaired) electrons. The molecule has 0 saturated carbocycles. The summed E-state index contributed by atoms with van der Waals surface area (Å²) in [6.07, 6.45) is 0.665. The zero-order chi connectivity index (χ0) is 19.4. The molecule has 6 heteroatoms. The molecule has 1 saturated heterocycles. The molecule has 1 fully saturated rings. The molecular weight excluding hydrogens is 344 g/mol. The van der Waals surface area contributed by atoms with Crippen LogP contribution in [-0.4, -0.2) is 47.4 Å². The van der Waals surface area contributed by atoms with Crippen LogP contribution in [0, 0.1) is 11.8 Å². The Labute approximate surface area is 158 Å². The molecule has 0 aliphatic carbocycles. The van der Waals surface area contributed by atoms with Crippen LogP contribution < -0.4 is 5.32 Å². The van der Waals surface area contributed by atoms with Crippen molar-refractivity contribution >= 4 is 28.6 Å². The van der Waals surface area contributed by atoms with E-state index in [-0.39, 0.29) is 30.7 Å². The van der Waals surface area contributed by atoms with E-state index in [0.717, 1.165) is 16.3 Å². The first-order valence-corrected chi connectivity index (χ1v) is 9.19. The average Bonchev–Trinajstić information content (AvgIpc) is 2.66. The minimum absolute atomic E-state index is 0.0615. The summed E-state index contributed by atoms with van der Waals surface area (Å²) in [6.45, 7) is 2.61. The Hall–Kier alpha value is -2.89. The van der Waals surface area contributed by atoms with Crippen LogP contribution in [0.4, 0.5) is 0 Å². The Morgan fingerprint density at radius 2 is 1.89 bits per heavy atom. The van der Waals surface area contributed by atoms with Crippen molar-refractivity contribution in [1.29, 1.82) is 0 Å². The standard InChI is InChI=1S/C21H24N2O4/c1-14-13-23(10-9-17(14)21(26)27)20(25)12-22-19(24)11-16-7-4-6-15-5-2-3-8-18(15)16/h2-8,14,17H,9-13H2,1H3,(H,22,24)(H,26,27). The molecule has 2 N–H and O–H groups in total. The third kappa shape index (κ3) is 4.45. The Kier molecular flexibility index (Phi) is 5.74. The normalized spacial score (nSPS) is 19.7. The van der Waals surface area contributed by atoms with Crippen molar-refractivity contribution in [2.45, 2.75) is 19.8 Å². The van der Waals surface area contributed by atoms with Crippen molar-refractivity contribution < 1.29 is 19.5 Å². The molecule has 0 aromatic heterocycles. The SMILES string of the molecule is CC1CN(C(=O)CNC(=O)Cc2cccc3ccccc23)CCC1C(=O)O. The highest BCUT2D eigenvalue weighted by Crippen LogP contribution is 2.23. The number of benzene rings is 2. The quantitative estimate of drug-likeness (QED) is 0.846. The fourth-order valence-corrected chi connectivity index (χ4v) is 3.71. The second-order valence-electron chi connectivity index (χ2n) is 7.14. The molecule has 2 unspecified atom stereocenters. The number of likely N-dealkylation sites (tertiary alicyclic amines) is 1. The molecule has 6 nitrogen and oxygen atoms in total. The number of nitrogens with one attached hydrogen (secondary N) is 1. The molecule has 27 heavy (non-hydrogen) atoms. The number of fused-ring (bicyclic) bond motifs is 1. The zero-order valence-electron chi connectivity index (χ0n) is 15.4. The van der Waals surface area contributed by atoms with Gasteiger partial charge in [-0.15, -0.1) is 0 Å². The highest BCUT2D eigenvalue weighted by atomic mass is 16.4. The van der Waals surface area contributed by atoms with Gasteiger partial charge in [-0.1, -0.05) is 49.4 Å². The Morgan fingerprint density at radius 1 is 1.15 bits per heavy atom. The molecule has 0 spiro atoms. The topological polar surface area (TPSA) is 86.7 Å². The molecular formula is C21H24N2O4. The van der Waals surface area contributed by atoms with Crippen molar-refractivity contribution in [3.05, 3.63) is 48.0 Å². The number of amides is 2. The van der Waals surface area contributed by atoms with E-state index in [2.05, 4.69) is 5.32 Å². The van der Waals surface area contributed by atoms with Gasteiger partial charge in [-0.05, 0) is 28.7 Å². The molecule has 2 aromatic carbocycles. The average molecular weight is 368 g/mol. The van der Waals surface area contributed by atoms with Gasteiger partial charge >= 0.3 is 5.97 Å². The van der Waals surface area contributed by atoms with Gasteiger partial charge in [0.1, 0.15) is 0 Å². The van der Waals surface area contributed by atoms with Gasteiger partial charge in [-0.25, -0.2) is 0 Å². The third-order valence-corrected chi connectivity index (χ3v) is 5.24. The van der Waals surface area contributed by atoms with Crippen LogP contribution in [0.5, 0.6) is 0 Å². The molecule has 1 aliphatic heterocycles. The third-order valence-electron chi connectivity index (χ3n) is 5.24. The van der Waals surface area contributed by atoms with Crippen LogP contribution in [-0.2, 0) is 20.8 Å². The van der Waals surface area contributed by atoms with Gasteiger partial charge in [0.2, 0.25) is 11.8 Å². The Balaban J connectivity index is 1.53. The molecule has 1 aliphatic rings. The van der Waals surface area contributed by atoms with E-state index in [9.17, 15) is 14.4 Å². The summed E-state index contributed by atoms with van der Waals surface area (Å²) in [5.41, 5.74) is 0.925. The molecule has 142 valence electrons. The fraction of sp³-hybridized carbons (Fsp3) is 0.381. The van der Waals surface area contributed by atoms with E-state index in [4.69, 9.17) is 5.11 Å². The number of carbonyl (C=O) groups excluding carboxylic acids is 2. The van der Waals surface area contributed by atoms with Crippen LogP contribution in [0.15, 0.2) is 42.5 Å². The van der Waals surface area contributed by atoms with Crippen molar-refractivity contribution in [2.24, 2.45) is 11.8 Å². The van der Waals surface area contributed by atoms with E-state index < -0.39 is 11.9 Å². The fourth-order valence-electron chi connectivity index (χ4n) is 3.71. The summed E-state index contributed by atoms with van der Waals surface area (Å²) in [4.78, 5) is 37.4. The number of carboxylic acid groups (broad SMARTS) is 1. The number of hydrogen-bond acceptors (Lipinski definition) is 3. The summed E-state index contributed by atoms with van der Waals surface area (Å²) < 4.78 is 0. The van der Waals surface area contributed by atoms with Crippen LogP contribution in [0.25, 0.3) is 10.8 Å². The minimum Gasteiger partial charge on any atom is -0.481 e. The van der Waals surface area contributed by atoms with Crippen molar-refractivity contribution in [1.82, 2.24) is 10.2 Å². The molecule has 2 aromatic rings. The van der Waals surface area contributed by atoms with E-state index in [1.165, 1.54) is 0 Å². The summed E-state index contributed by atoms with van der Waals surface area (Å²) >= 11 is 0. The highest BCUT2D eigenvalue weighted by molar-refractivity contribution is 5.91. The van der Waals surface area contributed by atoms with Crippen LogP contribution in [0.3, 0.4) is 0 Å². The van der Waals surface area contributed by atoms with Gasteiger partial charge in [0, 0.05) is 13.1 Å². The molecule has 2 amide bonds. The summed E-state index contributed by atoms with van der Waals surface area (Å²) in [5.74, 6) is -1.68. The van der Waals surface area contributed by atoms with Gasteiger partial charge in [0.05, 0.1) is 18.9 Å². The lowest BCUT2D eigenvalue weighted by Crippen LogP contribution is -2.48. The number of rotatable bonds is 5. The highest BCUT2D eigenvalue weighted by Gasteiger charge is 2.32. The lowest BCUT2D eigenvalue weighted by molar-refractivity contribution is -0.148. The summed E-state index contributed by atoms with van der Waals surface area (Å²) in [6, 6.07) is 13.7. The summed E-state index contributed by atoms with van der Waals surface area (Å²) in [7, 11) is 0. The van der Waals surface area contributed by atoms with E-state index in [0.29, 0.717) is 19.5 Å². The monoisotopic (exact) mass is 368 g/mol. The number of hydrogen-bond donors (Lipinski definition) is 2. The smallest absolute Gasteiger partial charge is 0.306 e. The molecule has 0 bridgehead atoms. The van der Waals surface area contributed by atoms with Gasteiger partial charge in [-0.3, -0.25) is 14.4 Å². The van der Waals surface area contributed by atoms with Crippen LogP contribution in [0.2, 0.25) is 0 Å². The second kappa shape index (κ2) is 8.20. The summed E-state index contributed by atoms with van der Waals surface area (Å²) in [5, 5.41) is 14.0. The molecule has 2 atom stereocenters. The number of piperidine rings is 1. The van der Waals surface area contributed by atoms with E-state index in [1.54, 1.807) is 4.90 Å². The predicted octanol–water partition coefficient (Wildman–Crippen LogP) is 2.07. The maximum atomic E-state index is 12.4. The number of aliphatic carboxylic acids is 1. The maximum absolute atomic E-state index is 12.4. The van der Waals surface area contributed by atoms with Crippen molar-refractivity contribution in [2.75, 3.05) is 19.6 Å². The lowest BCUT2D eigenvalue weighted by atomic mass is 9.87. The maximum Gasteiger partial charge on any atom is 0.306 e. The molecule has 3 rings (SSSR count). The first-order chi connectivity index (χ1) is 13.0. The predicted molar refractivity (Wildman–Crippen MR) is 102 cm³/mol. The first-order valence-electron chi connectivity index (χ1n) is 9.19. The van der Waals surface area contributed by atoms with E-state index in [1.807, 2.05) is 49.4 Å². The van der Waals surface area contributed by atoms with Crippen molar-refractivity contribution in [3.63, 3.8) is 0 Å². The van der Waals surface area contributed by atoms with Gasteiger partial charge in [0.25, 0.3) is 0 Å². The van der Waals surface area contributed by atoms with Gasteiger partial charge in [-0.2, -0.15) is 0 Å². The number of nitrogens with zero attached hydrogens (tertiary/aromatic N) is 1. The largest absolute Gasteiger partial charge is 0.481 e. The Morgan fingerprint density at radius 3 is 2.63 bits per heavy atom. The second-order valence-corrected chi connectivity index (χ2v) is 7.14. The number of carbonyl (C=O) groups is 3. The van der Waals surface area contributed by atoms with Crippen molar-refractivity contribution in [3.8, 4) is 0 Å². The minimum atomic E-state index is -0.807. The van der Waals surface area contributed by atoms with Crippen LogP contribution in [0.1, 0.15) is 18.9 Å². The van der Waals surface area contributed by atoms with E-state index >= 15 is 0 Å². The Bertz CT molecular complexity index is 859. The molecule has 1 heterocycles.